The molecule has 0 fully saturated rings. The molecule has 0 saturated heterocycles. The second-order valence-electron chi connectivity index (χ2n) is 7.61. The van der Waals surface area contributed by atoms with Gasteiger partial charge in [-0.3, -0.25) is 0 Å². The quantitative estimate of drug-likeness (QED) is 0.471. The van der Waals surface area contributed by atoms with Crippen LogP contribution >= 0.6 is 23.4 Å². The fraction of sp³-hybridized carbons (Fsp3) is 0.273. The van der Waals surface area contributed by atoms with Crippen molar-refractivity contribution in [2.45, 2.75) is 49.9 Å². The van der Waals surface area contributed by atoms with E-state index < -0.39 is 5.97 Å². The highest BCUT2D eigenvalue weighted by molar-refractivity contribution is 7.99. The number of carbonyl (C=O) groups is 1. The van der Waals surface area contributed by atoms with E-state index in [1.807, 2.05) is 27.7 Å². The number of nitrogens with zero attached hydrogens (tertiary/aromatic N) is 2. The predicted octanol–water partition coefficient (Wildman–Crippen LogP) is 6.28. The Hall–Kier alpha value is -2.24. The van der Waals surface area contributed by atoms with Crippen molar-refractivity contribution >= 4 is 29.3 Å². The van der Waals surface area contributed by atoms with Crippen molar-refractivity contribution < 1.29 is 9.53 Å². The summed E-state index contributed by atoms with van der Waals surface area (Å²) in [6.07, 6.45) is 0. The van der Waals surface area contributed by atoms with Crippen molar-refractivity contribution in [2.75, 3.05) is 0 Å². The molecule has 0 radical (unpaired) electrons. The number of hydrogen-bond acceptors (Lipinski definition) is 4. The highest BCUT2D eigenvalue weighted by atomic mass is 35.5. The van der Waals surface area contributed by atoms with Gasteiger partial charge in [-0.15, -0.1) is 0 Å². The third-order valence-electron chi connectivity index (χ3n) is 4.11. The average Bonchev–Trinajstić information content (AvgIpc) is 2.94. The van der Waals surface area contributed by atoms with E-state index in [2.05, 4.69) is 36.3 Å². The number of aromatic nitrogens is 2. The number of rotatable bonds is 4. The van der Waals surface area contributed by atoms with Gasteiger partial charge >= 0.3 is 5.97 Å². The molecule has 3 aromatic rings. The summed E-state index contributed by atoms with van der Waals surface area (Å²) in [7, 11) is 0. The summed E-state index contributed by atoms with van der Waals surface area (Å²) >= 11 is 7.47. The molecule has 1 heterocycles. The van der Waals surface area contributed by atoms with Crippen LogP contribution in [0.4, 0.5) is 0 Å². The first-order chi connectivity index (χ1) is 13.1. The van der Waals surface area contributed by atoms with Gasteiger partial charge in [0.25, 0.3) is 0 Å². The minimum atomic E-state index is -0.437. The molecule has 1 aromatic heterocycles. The van der Waals surface area contributed by atoms with Gasteiger partial charge in [-0.05, 0) is 71.0 Å². The zero-order valence-electron chi connectivity index (χ0n) is 16.6. The van der Waals surface area contributed by atoms with E-state index in [0.717, 1.165) is 15.5 Å². The maximum absolute atomic E-state index is 12.7. The lowest BCUT2D eigenvalue weighted by Crippen LogP contribution is -2.25. The van der Waals surface area contributed by atoms with Gasteiger partial charge < -0.3 is 4.74 Å². The van der Waals surface area contributed by atoms with Gasteiger partial charge in [0.15, 0.2) is 0 Å². The van der Waals surface area contributed by atoms with E-state index in [0.29, 0.717) is 16.5 Å². The average molecular weight is 415 g/mol. The standard InChI is InChI=1S/C22H23ClN2O2S/c1-14-6-12-18(13-7-14)28-19-15(2)24-25(22(3,4)5)20(19)27-21(26)16-8-10-17(23)11-9-16/h6-13H,1-5H3. The lowest BCUT2D eigenvalue weighted by molar-refractivity contribution is 0.0704. The van der Waals surface area contributed by atoms with Crippen LogP contribution in [0.25, 0.3) is 0 Å². The molecule has 0 aliphatic rings. The Labute approximate surface area is 174 Å². The Bertz CT molecular complexity index is 987. The van der Waals surface area contributed by atoms with E-state index >= 15 is 0 Å². The zero-order chi connectivity index (χ0) is 20.5. The monoisotopic (exact) mass is 414 g/mol. The number of halogens is 1. The highest BCUT2D eigenvalue weighted by Crippen LogP contribution is 2.40. The Balaban J connectivity index is 2.00. The number of aryl methyl sites for hydroxylation is 2. The number of benzene rings is 2. The smallest absolute Gasteiger partial charge is 0.344 e. The van der Waals surface area contributed by atoms with Crippen molar-refractivity contribution in [3.63, 3.8) is 0 Å². The molecule has 0 amide bonds. The van der Waals surface area contributed by atoms with Crippen LogP contribution in [-0.4, -0.2) is 15.7 Å². The highest BCUT2D eigenvalue weighted by Gasteiger charge is 2.27. The maximum atomic E-state index is 12.7. The Kier molecular flexibility index (Phi) is 5.87. The molecule has 28 heavy (non-hydrogen) atoms. The van der Waals surface area contributed by atoms with Crippen LogP contribution in [0.15, 0.2) is 58.3 Å². The first-order valence-corrected chi connectivity index (χ1v) is 10.2. The van der Waals surface area contributed by atoms with Gasteiger partial charge in [0.1, 0.15) is 0 Å². The van der Waals surface area contributed by atoms with Crippen LogP contribution in [0.2, 0.25) is 5.02 Å². The molecule has 146 valence electrons. The van der Waals surface area contributed by atoms with Crippen LogP contribution in [0.3, 0.4) is 0 Å². The van der Waals surface area contributed by atoms with Gasteiger partial charge in [-0.25, -0.2) is 9.48 Å². The van der Waals surface area contributed by atoms with Crippen LogP contribution in [0.5, 0.6) is 5.88 Å². The Morgan fingerprint density at radius 1 is 1.04 bits per heavy atom. The molecular weight excluding hydrogens is 392 g/mol. The molecule has 0 bridgehead atoms. The summed E-state index contributed by atoms with van der Waals surface area (Å²) in [5.41, 5.74) is 2.11. The Morgan fingerprint density at radius 2 is 1.64 bits per heavy atom. The first-order valence-electron chi connectivity index (χ1n) is 8.97. The van der Waals surface area contributed by atoms with Crippen molar-refractivity contribution in [1.29, 1.82) is 0 Å². The first kappa shape index (κ1) is 20.5. The molecule has 0 atom stereocenters. The Morgan fingerprint density at radius 3 is 2.21 bits per heavy atom. The predicted molar refractivity (Wildman–Crippen MR) is 114 cm³/mol. The topological polar surface area (TPSA) is 44.1 Å². The van der Waals surface area contributed by atoms with E-state index in [-0.39, 0.29) is 5.54 Å². The van der Waals surface area contributed by atoms with E-state index in [4.69, 9.17) is 16.3 Å². The van der Waals surface area contributed by atoms with Gasteiger partial charge in [0, 0.05) is 9.92 Å². The summed E-state index contributed by atoms with van der Waals surface area (Å²) in [4.78, 5) is 14.6. The minimum absolute atomic E-state index is 0.341. The summed E-state index contributed by atoms with van der Waals surface area (Å²) in [5.74, 6) is 0.0170. The van der Waals surface area contributed by atoms with Gasteiger partial charge in [-0.2, -0.15) is 5.10 Å². The second kappa shape index (κ2) is 8.02. The molecule has 3 rings (SSSR count). The normalized spacial score (nSPS) is 11.5. The molecule has 4 nitrogen and oxygen atoms in total. The number of esters is 1. The SMILES string of the molecule is Cc1ccc(Sc2c(C)nn(C(C)(C)C)c2OC(=O)c2ccc(Cl)cc2)cc1. The summed E-state index contributed by atoms with van der Waals surface area (Å²) in [6, 6.07) is 14.9. The fourth-order valence-corrected chi connectivity index (χ4v) is 3.65. The maximum Gasteiger partial charge on any atom is 0.344 e. The molecular formula is C22H23ClN2O2S. The van der Waals surface area contributed by atoms with E-state index in [1.165, 1.54) is 5.56 Å². The van der Waals surface area contributed by atoms with Gasteiger partial charge in [0.05, 0.1) is 21.7 Å². The molecule has 0 aliphatic carbocycles. The molecule has 0 aliphatic heterocycles. The van der Waals surface area contributed by atoms with E-state index in [9.17, 15) is 4.79 Å². The third kappa shape index (κ3) is 4.59. The zero-order valence-corrected chi connectivity index (χ0v) is 18.2. The number of hydrogen-bond donors (Lipinski definition) is 0. The van der Waals surface area contributed by atoms with Crippen LogP contribution < -0.4 is 4.74 Å². The molecule has 0 N–H and O–H groups in total. The lowest BCUT2D eigenvalue weighted by Gasteiger charge is -2.22. The summed E-state index contributed by atoms with van der Waals surface area (Å²) in [5, 5.41) is 5.23. The molecule has 0 saturated carbocycles. The van der Waals surface area contributed by atoms with Gasteiger partial charge in [0.2, 0.25) is 5.88 Å². The van der Waals surface area contributed by atoms with Gasteiger partial charge in [-0.1, -0.05) is 41.1 Å². The lowest BCUT2D eigenvalue weighted by atomic mass is 10.1. The molecule has 2 aromatic carbocycles. The van der Waals surface area contributed by atoms with Crippen molar-refractivity contribution in [1.82, 2.24) is 9.78 Å². The van der Waals surface area contributed by atoms with Crippen molar-refractivity contribution in [3.05, 3.63) is 70.4 Å². The minimum Gasteiger partial charge on any atom is -0.403 e. The van der Waals surface area contributed by atoms with Crippen LogP contribution in [0, 0.1) is 13.8 Å². The fourth-order valence-electron chi connectivity index (χ4n) is 2.61. The summed E-state index contributed by atoms with van der Waals surface area (Å²) < 4.78 is 7.61. The molecule has 0 spiro atoms. The van der Waals surface area contributed by atoms with Crippen molar-refractivity contribution in [3.8, 4) is 5.88 Å². The number of carbonyl (C=O) groups excluding carboxylic acids is 1. The largest absolute Gasteiger partial charge is 0.403 e. The second-order valence-corrected chi connectivity index (χ2v) is 9.13. The number of ether oxygens (including phenoxy) is 1. The van der Waals surface area contributed by atoms with E-state index in [1.54, 1.807) is 40.7 Å². The van der Waals surface area contributed by atoms with Crippen molar-refractivity contribution in [2.24, 2.45) is 0 Å². The summed E-state index contributed by atoms with van der Waals surface area (Å²) in [6.45, 7) is 10.1. The van der Waals surface area contributed by atoms with Crippen LogP contribution in [0.1, 0.15) is 42.4 Å². The van der Waals surface area contributed by atoms with Crippen LogP contribution in [-0.2, 0) is 5.54 Å². The molecule has 0 unspecified atom stereocenters. The third-order valence-corrected chi connectivity index (χ3v) is 5.54. The molecule has 6 heteroatoms.